The summed E-state index contributed by atoms with van der Waals surface area (Å²) in [6, 6.07) is 2.09. The summed E-state index contributed by atoms with van der Waals surface area (Å²) in [5.74, 6) is 1.71. The average Bonchev–Trinajstić information content (AvgIpc) is 3.18. The van der Waals surface area contributed by atoms with Crippen LogP contribution in [0, 0.1) is 5.92 Å². The van der Waals surface area contributed by atoms with Gasteiger partial charge in [-0.3, -0.25) is 9.80 Å². The number of aromatic nitrogens is 2. The minimum Gasteiger partial charge on any atom is -0.379 e. The number of hydrogen-bond donors (Lipinski definition) is 0. The molecule has 6 heteroatoms. The highest BCUT2D eigenvalue weighted by molar-refractivity contribution is 5.31. The SMILES string of the molecule is c1cc(CN2CCC[C@H](CN3CCOCC3)C2)nc(N2CCCC2)n1. The van der Waals surface area contributed by atoms with Crippen LogP contribution in [0.25, 0.3) is 0 Å². The summed E-state index contributed by atoms with van der Waals surface area (Å²) in [4.78, 5) is 16.8. The van der Waals surface area contributed by atoms with Crippen molar-refractivity contribution in [2.45, 2.75) is 32.2 Å². The van der Waals surface area contributed by atoms with Crippen LogP contribution in [0.1, 0.15) is 31.4 Å². The molecule has 6 nitrogen and oxygen atoms in total. The first-order valence-electron chi connectivity index (χ1n) is 9.96. The van der Waals surface area contributed by atoms with Gasteiger partial charge in [-0.05, 0) is 44.2 Å². The minimum absolute atomic E-state index is 0.784. The zero-order chi connectivity index (χ0) is 16.9. The maximum Gasteiger partial charge on any atom is 0.225 e. The Balaban J connectivity index is 1.31. The van der Waals surface area contributed by atoms with Crippen LogP contribution in [0.15, 0.2) is 12.3 Å². The number of morpholine rings is 1. The fourth-order valence-corrected chi connectivity index (χ4v) is 4.36. The molecule has 0 aromatic carbocycles. The van der Waals surface area contributed by atoms with E-state index in [1.807, 2.05) is 6.20 Å². The molecule has 25 heavy (non-hydrogen) atoms. The first-order chi connectivity index (χ1) is 12.4. The Morgan fingerprint density at radius 2 is 1.84 bits per heavy atom. The molecule has 0 spiro atoms. The van der Waals surface area contributed by atoms with Gasteiger partial charge in [-0.2, -0.15) is 0 Å². The first kappa shape index (κ1) is 17.2. The number of anilines is 1. The van der Waals surface area contributed by atoms with Crippen LogP contribution in [0.5, 0.6) is 0 Å². The summed E-state index contributed by atoms with van der Waals surface area (Å²) in [5, 5.41) is 0. The fraction of sp³-hybridized carbons (Fsp3) is 0.789. The molecule has 1 aromatic rings. The summed E-state index contributed by atoms with van der Waals surface area (Å²) in [7, 11) is 0. The lowest BCUT2D eigenvalue weighted by Crippen LogP contribution is -2.44. The molecule has 0 radical (unpaired) electrons. The Morgan fingerprint density at radius 3 is 2.68 bits per heavy atom. The van der Waals surface area contributed by atoms with Crippen LogP contribution >= 0.6 is 0 Å². The predicted octanol–water partition coefficient (Wildman–Crippen LogP) is 1.62. The second-order valence-corrected chi connectivity index (χ2v) is 7.70. The molecule has 0 saturated carbocycles. The Kier molecular flexibility index (Phi) is 5.79. The molecule has 3 aliphatic heterocycles. The van der Waals surface area contributed by atoms with E-state index in [4.69, 9.17) is 9.72 Å². The molecule has 3 fully saturated rings. The zero-order valence-corrected chi connectivity index (χ0v) is 15.3. The smallest absolute Gasteiger partial charge is 0.225 e. The summed E-state index contributed by atoms with van der Waals surface area (Å²) < 4.78 is 5.47. The van der Waals surface area contributed by atoms with Gasteiger partial charge >= 0.3 is 0 Å². The van der Waals surface area contributed by atoms with Crippen molar-refractivity contribution < 1.29 is 4.74 Å². The van der Waals surface area contributed by atoms with Gasteiger partial charge in [-0.25, -0.2) is 9.97 Å². The molecule has 3 saturated heterocycles. The molecular weight excluding hydrogens is 314 g/mol. The van der Waals surface area contributed by atoms with Gasteiger partial charge in [0.2, 0.25) is 5.95 Å². The summed E-state index contributed by atoms with van der Waals surface area (Å²) in [6.07, 6.45) is 7.13. The lowest BCUT2D eigenvalue weighted by Gasteiger charge is -2.36. The zero-order valence-electron chi connectivity index (χ0n) is 15.3. The van der Waals surface area contributed by atoms with Crippen LogP contribution < -0.4 is 4.90 Å². The highest BCUT2D eigenvalue weighted by atomic mass is 16.5. The minimum atomic E-state index is 0.784. The fourth-order valence-electron chi connectivity index (χ4n) is 4.36. The molecule has 138 valence electrons. The van der Waals surface area contributed by atoms with E-state index in [0.717, 1.165) is 57.8 Å². The van der Waals surface area contributed by atoms with E-state index in [-0.39, 0.29) is 0 Å². The van der Waals surface area contributed by atoms with Crippen molar-refractivity contribution in [1.29, 1.82) is 0 Å². The summed E-state index contributed by atoms with van der Waals surface area (Å²) in [5.41, 5.74) is 1.17. The molecule has 0 aliphatic carbocycles. The van der Waals surface area contributed by atoms with E-state index in [0.29, 0.717) is 0 Å². The van der Waals surface area contributed by atoms with Gasteiger partial charge in [-0.15, -0.1) is 0 Å². The van der Waals surface area contributed by atoms with E-state index in [2.05, 4.69) is 25.8 Å². The van der Waals surface area contributed by atoms with Gasteiger partial charge in [0.15, 0.2) is 0 Å². The van der Waals surface area contributed by atoms with Crippen molar-refractivity contribution in [2.24, 2.45) is 5.92 Å². The third-order valence-electron chi connectivity index (χ3n) is 5.70. The number of likely N-dealkylation sites (tertiary alicyclic amines) is 1. The van der Waals surface area contributed by atoms with Gasteiger partial charge in [-0.1, -0.05) is 0 Å². The van der Waals surface area contributed by atoms with Crippen LogP contribution in [0.3, 0.4) is 0 Å². The quantitative estimate of drug-likeness (QED) is 0.808. The lowest BCUT2D eigenvalue weighted by molar-refractivity contribution is 0.0223. The third kappa shape index (κ3) is 4.68. The predicted molar refractivity (Wildman–Crippen MR) is 98.7 cm³/mol. The van der Waals surface area contributed by atoms with Crippen LogP contribution in [0.2, 0.25) is 0 Å². The molecule has 3 aliphatic rings. The molecule has 0 bridgehead atoms. The van der Waals surface area contributed by atoms with Gasteiger partial charge in [0.1, 0.15) is 0 Å². The lowest BCUT2D eigenvalue weighted by atomic mass is 9.97. The molecule has 4 rings (SSSR count). The third-order valence-corrected chi connectivity index (χ3v) is 5.70. The van der Waals surface area contributed by atoms with Gasteiger partial charge < -0.3 is 9.64 Å². The van der Waals surface area contributed by atoms with Crippen molar-refractivity contribution in [2.75, 3.05) is 63.9 Å². The second-order valence-electron chi connectivity index (χ2n) is 7.70. The maximum atomic E-state index is 5.47. The Bertz CT molecular complexity index is 542. The van der Waals surface area contributed by atoms with Crippen molar-refractivity contribution >= 4 is 5.95 Å². The van der Waals surface area contributed by atoms with E-state index in [1.165, 1.54) is 51.0 Å². The average molecular weight is 345 g/mol. The van der Waals surface area contributed by atoms with E-state index >= 15 is 0 Å². The van der Waals surface area contributed by atoms with Crippen molar-refractivity contribution in [3.63, 3.8) is 0 Å². The largest absolute Gasteiger partial charge is 0.379 e. The van der Waals surface area contributed by atoms with E-state index in [1.54, 1.807) is 0 Å². The molecule has 4 heterocycles. The molecule has 1 aromatic heterocycles. The van der Waals surface area contributed by atoms with Crippen molar-refractivity contribution in [3.05, 3.63) is 18.0 Å². The van der Waals surface area contributed by atoms with Gasteiger partial charge in [0.05, 0.1) is 18.9 Å². The molecule has 0 N–H and O–H groups in total. The number of nitrogens with zero attached hydrogens (tertiary/aromatic N) is 5. The number of rotatable bonds is 5. The summed E-state index contributed by atoms with van der Waals surface area (Å²) >= 11 is 0. The second kappa shape index (κ2) is 8.43. The maximum absolute atomic E-state index is 5.47. The first-order valence-corrected chi connectivity index (χ1v) is 9.96. The van der Waals surface area contributed by atoms with Gasteiger partial charge in [0, 0.05) is 52.0 Å². The molecule has 0 amide bonds. The topological polar surface area (TPSA) is 44.7 Å². The highest BCUT2D eigenvalue weighted by Crippen LogP contribution is 2.21. The number of piperidine rings is 1. The molecule has 1 atom stereocenters. The van der Waals surface area contributed by atoms with Gasteiger partial charge in [0.25, 0.3) is 0 Å². The summed E-state index contributed by atoms with van der Waals surface area (Å²) in [6.45, 7) is 10.8. The Labute approximate surface area is 151 Å². The normalized spacial score (nSPS) is 26.2. The standard InChI is InChI=1S/C19H31N5O/c1-2-9-24(8-1)19-20-6-5-18(21-19)16-23-7-3-4-17(15-23)14-22-10-12-25-13-11-22/h5-6,17H,1-4,7-16H2/t17-/m1/s1. The van der Waals surface area contributed by atoms with Crippen molar-refractivity contribution in [1.82, 2.24) is 19.8 Å². The monoisotopic (exact) mass is 345 g/mol. The van der Waals surface area contributed by atoms with Crippen molar-refractivity contribution in [3.8, 4) is 0 Å². The Morgan fingerprint density at radius 1 is 1.00 bits per heavy atom. The van der Waals surface area contributed by atoms with Crippen LogP contribution in [-0.4, -0.2) is 78.8 Å². The van der Waals surface area contributed by atoms with Crippen LogP contribution in [-0.2, 0) is 11.3 Å². The number of hydrogen-bond acceptors (Lipinski definition) is 6. The number of ether oxygens (including phenoxy) is 1. The Hall–Kier alpha value is -1.24. The van der Waals surface area contributed by atoms with E-state index < -0.39 is 0 Å². The van der Waals surface area contributed by atoms with Crippen LogP contribution in [0.4, 0.5) is 5.95 Å². The molecule has 0 unspecified atom stereocenters. The highest BCUT2D eigenvalue weighted by Gasteiger charge is 2.23. The molecular formula is C19H31N5O. The van der Waals surface area contributed by atoms with E-state index in [9.17, 15) is 0 Å².